The summed E-state index contributed by atoms with van der Waals surface area (Å²) in [6.45, 7) is 3.24. The SMILES string of the molecule is CCCCNNC(c1cccc(-c2ccccc2)n1)C1CCCCC1. The van der Waals surface area contributed by atoms with Crippen molar-refractivity contribution in [3.05, 3.63) is 54.2 Å². The van der Waals surface area contributed by atoms with E-state index in [4.69, 9.17) is 4.98 Å². The molecule has 0 bridgehead atoms. The largest absolute Gasteiger partial charge is 0.257 e. The second-order valence-corrected chi connectivity index (χ2v) is 7.11. The maximum absolute atomic E-state index is 5.01. The lowest BCUT2D eigenvalue weighted by Crippen LogP contribution is -2.40. The predicted octanol–water partition coefficient (Wildman–Crippen LogP) is 5.26. The van der Waals surface area contributed by atoms with Crippen LogP contribution in [0.15, 0.2) is 48.5 Å². The number of hydrogen-bond donors (Lipinski definition) is 2. The number of hydrazine groups is 1. The molecule has 2 N–H and O–H groups in total. The zero-order valence-electron chi connectivity index (χ0n) is 15.4. The van der Waals surface area contributed by atoms with Crippen molar-refractivity contribution in [2.45, 2.75) is 57.9 Å². The van der Waals surface area contributed by atoms with Crippen LogP contribution in [0.3, 0.4) is 0 Å². The maximum atomic E-state index is 5.01. The number of nitrogens with one attached hydrogen (secondary N) is 2. The molecule has 134 valence electrons. The van der Waals surface area contributed by atoms with Crippen molar-refractivity contribution in [1.82, 2.24) is 15.8 Å². The van der Waals surface area contributed by atoms with Gasteiger partial charge < -0.3 is 0 Å². The van der Waals surface area contributed by atoms with Gasteiger partial charge in [0.15, 0.2) is 0 Å². The highest BCUT2D eigenvalue weighted by Crippen LogP contribution is 2.34. The Morgan fingerprint density at radius 3 is 2.56 bits per heavy atom. The second-order valence-electron chi connectivity index (χ2n) is 7.11. The fraction of sp³-hybridized carbons (Fsp3) is 0.500. The van der Waals surface area contributed by atoms with E-state index in [0.29, 0.717) is 12.0 Å². The van der Waals surface area contributed by atoms with Crippen LogP contribution in [0.5, 0.6) is 0 Å². The third-order valence-corrected chi connectivity index (χ3v) is 5.19. The molecule has 3 nitrogen and oxygen atoms in total. The van der Waals surface area contributed by atoms with Gasteiger partial charge in [-0.2, -0.15) is 0 Å². The number of benzene rings is 1. The van der Waals surface area contributed by atoms with E-state index in [2.05, 4.69) is 66.3 Å². The highest BCUT2D eigenvalue weighted by molar-refractivity contribution is 5.58. The first-order valence-electron chi connectivity index (χ1n) is 9.89. The molecule has 1 aromatic heterocycles. The molecule has 0 aliphatic heterocycles. The Balaban J connectivity index is 1.79. The van der Waals surface area contributed by atoms with Crippen LogP contribution in [0.4, 0.5) is 0 Å². The Labute approximate surface area is 152 Å². The Hall–Kier alpha value is -1.71. The van der Waals surface area contributed by atoms with Crippen LogP contribution < -0.4 is 10.9 Å². The van der Waals surface area contributed by atoms with Crippen molar-refractivity contribution in [2.75, 3.05) is 6.54 Å². The van der Waals surface area contributed by atoms with Crippen LogP contribution in [0.1, 0.15) is 63.6 Å². The third kappa shape index (κ3) is 5.13. The molecule has 0 radical (unpaired) electrons. The quantitative estimate of drug-likeness (QED) is 0.509. The monoisotopic (exact) mass is 337 g/mol. The Morgan fingerprint density at radius 2 is 1.80 bits per heavy atom. The predicted molar refractivity (Wildman–Crippen MR) is 105 cm³/mol. The van der Waals surface area contributed by atoms with E-state index < -0.39 is 0 Å². The highest BCUT2D eigenvalue weighted by atomic mass is 15.4. The van der Waals surface area contributed by atoms with Crippen LogP contribution in [-0.4, -0.2) is 11.5 Å². The minimum Gasteiger partial charge on any atom is -0.257 e. The van der Waals surface area contributed by atoms with E-state index in [1.807, 2.05) is 0 Å². The van der Waals surface area contributed by atoms with Crippen LogP contribution in [0.25, 0.3) is 11.3 Å². The second kappa shape index (κ2) is 9.69. The molecule has 2 aromatic rings. The lowest BCUT2D eigenvalue weighted by molar-refractivity contribution is 0.247. The molecule has 1 unspecified atom stereocenters. The molecule has 1 fully saturated rings. The summed E-state index contributed by atoms with van der Waals surface area (Å²) in [5.74, 6) is 0.668. The molecule has 1 aromatic carbocycles. The first kappa shape index (κ1) is 18.1. The maximum Gasteiger partial charge on any atom is 0.0706 e. The average molecular weight is 338 g/mol. The van der Waals surface area contributed by atoms with Crippen molar-refractivity contribution < 1.29 is 0 Å². The first-order valence-corrected chi connectivity index (χ1v) is 9.89. The van der Waals surface area contributed by atoms with Gasteiger partial charge in [0, 0.05) is 12.1 Å². The summed E-state index contributed by atoms with van der Waals surface area (Å²) in [7, 11) is 0. The molecule has 1 atom stereocenters. The van der Waals surface area contributed by atoms with Crippen LogP contribution >= 0.6 is 0 Å². The zero-order valence-corrected chi connectivity index (χ0v) is 15.4. The smallest absolute Gasteiger partial charge is 0.0706 e. The highest BCUT2D eigenvalue weighted by Gasteiger charge is 2.26. The summed E-state index contributed by atoms with van der Waals surface area (Å²) >= 11 is 0. The van der Waals surface area contributed by atoms with Gasteiger partial charge in [0.25, 0.3) is 0 Å². The number of hydrogen-bond acceptors (Lipinski definition) is 3. The molecule has 1 aliphatic rings. The van der Waals surface area contributed by atoms with E-state index >= 15 is 0 Å². The normalized spacial score (nSPS) is 16.7. The van der Waals surface area contributed by atoms with Gasteiger partial charge in [0.05, 0.1) is 17.4 Å². The minimum atomic E-state index is 0.292. The van der Waals surface area contributed by atoms with Crippen molar-refractivity contribution in [1.29, 1.82) is 0 Å². The van der Waals surface area contributed by atoms with Gasteiger partial charge in [-0.15, -0.1) is 0 Å². The fourth-order valence-electron chi connectivity index (χ4n) is 3.74. The summed E-state index contributed by atoms with van der Waals surface area (Å²) in [4.78, 5) is 5.01. The number of rotatable bonds is 8. The average Bonchev–Trinajstić information content (AvgIpc) is 2.69. The summed E-state index contributed by atoms with van der Waals surface area (Å²) in [5.41, 5.74) is 10.5. The standard InChI is InChI=1S/C22H31N3/c1-2-3-17-23-25-22(19-13-8-5-9-14-19)21-16-10-15-20(24-21)18-11-6-4-7-12-18/h4,6-7,10-12,15-16,19,22-23,25H,2-3,5,8-9,13-14,17H2,1H3. The number of pyridine rings is 1. The van der Waals surface area contributed by atoms with Gasteiger partial charge in [0.2, 0.25) is 0 Å². The number of nitrogens with zero attached hydrogens (tertiary/aromatic N) is 1. The fourth-order valence-corrected chi connectivity index (χ4v) is 3.74. The number of aromatic nitrogens is 1. The van der Waals surface area contributed by atoms with E-state index in [9.17, 15) is 0 Å². The van der Waals surface area contributed by atoms with Crippen molar-refractivity contribution in [2.24, 2.45) is 5.92 Å². The molecule has 0 spiro atoms. The molecule has 3 rings (SSSR count). The zero-order chi connectivity index (χ0) is 17.3. The summed E-state index contributed by atoms with van der Waals surface area (Å²) < 4.78 is 0. The Kier molecular flexibility index (Phi) is 7.01. The molecule has 1 heterocycles. The molecule has 3 heteroatoms. The van der Waals surface area contributed by atoms with Crippen LogP contribution in [0.2, 0.25) is 0 Å². The molecule has 1 aliphatic carbocycles. The molecule has 0 amide bonds. The van der Waals surface area contributed by atoms with Crippen molar-refractivity contribution in [3.63, 3.8) is 0 Å². The van der Waals surface area contributed by atoms with Gasteiger partial charge >= 0.3 is 0 Å². The van der Waals surface area contributed by atoms with E-state index in [1.165, 1.54) is 50.5 Å². The topological polar surface area (TPSA) is 37.0 Å². The van der Waals surface area contributed by atoms with Crippen molar-refractivity contribution >= 4 is 0 Å². The van der Waals surface area contributed by atoms with E-state index in [0.717, 1.165) is 17.9 Å². The molecular weight excluding hydrogens is 306 g/mol. The lowest BCUT2D eigenvalue weighted by Gasteiger charge is -2.31. The van der Waals surface area contributed by atoms with Gasteiger partial charge in [-0.3, -0.25) is 10.4 Å². The first-order chi connectivity index (χ1) is 12.4. The van der Waals surface area contributed by atoms with Gasteiger partial charge in [-0.25, -0.2) is 5.43 Å². The van der Waals surface area contributed by atoms with Crippen LogP contribution in [0, 0.1) is 5.92 Å². The van der Waals surface area contributed by atoms with E-state index in [1.54, 1.807) is 0 Å². The summed E-state index contributed by atoms with van der Waals surface area (Å²) in [5, 5.41) is 0. The van der Waals surface area contributed by atoms with Gasteiger partial charge in [0.1, 0.15) is 0 Å². The Bertz CT molecular complexity index is 620. The van der Waals surface area contributed by atoms with Gasteiger partial charge in [-0.1, -0.05) is 69.0 Å². The Morgan fingerprint density at radius 1 is 1.00 bits per heavy atom. The van der Waals surface area contributed by atoms with E-state index in [-0.39, 0.29) is 0 Å². The lowest BCUT2D eigenvalue weighted by atomic mass is 9.82. The van der Waals surface area contributed by atoms with Crippen LogP contribution in [-0.2, 0) is 0 Å². The van der Waals surface area contributed by atoms with Gasteiger partial charge in [-0.05, 0) is 37.3 Å². The summed E-state index contributed by atoms with van der Waals surface area (Å²) in [6.07, 6.45) is 9.07. The third-order valence-electron chi connectivity index (χ3n) is 5.19. The summed E-state index contributed by atoms with van der Waals surface area (Å²) in [6, 6.07) is 17.2. The molecule has 1 saturated carbocycles. The molecule has 0 saturated heterocycles. The molecule has 25 heavy (non-hydrogen) atoms. The minimum absolute atomic E-state index is 0.292. The number of unbranched alkanes of at least 4 members (excludes halogenated alkanes) is 1. The molecular formula is C22H31N3. The van der Waals surface area contributed by atoms with Crippen molar-refractivity contribution in [3.8, 4) is 11.3 Å².